The van der Waals surface area contributed by atoms with Crippen LogP contribution in [-0.4, -0.2) is 25.8 Å². The van der Waals surface area contributed by atoms with Crippen molar-refractivity contribution in [2.75, 3.05) is 13.7 Å². The highest BCUT2D eigenvalue weighted by Crippen LogP contribution is 2.31. The molecule has 1 aromatic heterocycles. The van der Waals surface area contributed by atoms with Crippen molar-refractivity contribution in [3.8, 4) is 11.5 Å². The van der Waals surface area contributed by atoms with E-state index in [1.807, 2.05) is 25.1 Å². The predicted molar refractivity (Wildman–Crippen MR) is 116 cm³/mol. The molecule has 2 aromatic carbocycles. The topological polar surface area (TPSA) is 73.1 Å². The highest BCUT2D eigenvalue weighted by atomic mass is 127. The summed E-state index contributed by atoms with van der Waals surface area (Å²) in [6.07, 6.45) is 1.56. The maximum atomic E-state index is 12.3. The number of ether oxygens (including phenoxy) is 2. The number of carbonyl (C=O) groups excluding carboxylic acids is 1. The van der Waals surface area contributed by atoms with Crippen LogP contribution in [0.1, 0.15) is 23.0 Å². The van der Waals surface area contributed by atoms with E-state index < -0.39 is 5.91 Å². The van der Waals surface area contributed by atoms with Crippen LogP contribution in [0.3, 0.4) is 0 Å². The van der Waals surface area contributed by atoms with Crippen LogP contribution in [0.15, 0.2) is 50.4 Å². The van der Waals surface area contributed by atoms with E-state index in [1.54, 1.807) is 31.5 Å². The molecule has 0 fully saturated rings. The fourth-order valence-corrected chi connectivity index (χ4v) is 4.34. The third kappa shape index (κ3) is 4.62. The normalized spacial score (nSPS) is 11.1. The summed E-state index contributed by atoms with van der Waals surface area (Å²) in [5.41, 5.74) is 3.90. The Balaban J connectivity index is 1.72. The van der Waals surface area contributed by atoms with Gasteiger partial charge in [-0.1, -0.05) is 0 Å². The fourth-order valence-electron chi connectivity index (χ4n) is 2.46. The molecular formula is C19H16BrIN2O4. The number of fused-ring (bicyclic) bond motifs is 1. The number of amides is 1. The Morgan fingerprint density at radius 1 is 1.33 bits per heavy atom. The average molecular weight is 543 g/mol. The summed E-state index contributed by atoms with van der Waals surface area (Å²) in [5.74, 6) is 1.24. The van der Waals surface area contributed by atoms with E-state index in [0.717, 1.165) is 30.5 Å². The van der Waals surface area contributed by atoms with Gasteiger partial charge in [0.15, 0.2) is 5.76 Å². The summed E-state index contributed by atoms with van der Waals surface area (Å²) in [5, 5.41) is 4.79. The highest BCUT2D eigenvalue weighted by Gasteiger charge is 2.12. The molecule has 1 heterocycles. The number of hydrogen-bond donors (Lipinski definition) is 1. The van der Waals surface area contributed by atoms with Crippen LogP contribution in [-0.2, 0) is 0 Å². The first-order valence-corrected chi connectivity index (χ1v) is 9.91. The Hall–Kier alpha value is -2.07. The fraction of sp³-hybridized carbons (Fsp3) is 0.158. The molecule has 0 saturated carbocycles. The number of nitrogens with one attached hydrogen (secondary N) is 1. The summed E-state index contributed by atoms with van der Waals surface area (Å²) in [7, 11) is 1.61. The molecule has 0 unspecified atom stereocenters. The van der Waals surface area contributed by atoms with Crippen LogP contribution < -0.4 is 14.9 Å². The third-order valence-corrected chi connectivity index (χ3v) is 5.02. The number of hydrazone groups is 1. The molecule has 3 aromatic rings. The molecule has 1 amide bonds. The molecule has 0 saturated heterocycles. The molecule has 0 atom stereocenters. The second kappa shape index (κ2) is 8.75. The predicted octanol–water partition coefficient (Wildman–Crippen LogP) is 4.97. The molecule has 0 aliphatic carbocycles. The van der Waals surface area contributed by atoms with Crippen LogP contribution in [0, 0.1) is 3.57 Å². The number of furan rings is 1. The smallest absolute Gasteiger partial charge is 0.307 e. The molecule has 3 rings (SSSR count). The Bertz CT molecular complexity index is 993. The number of halogens is 2. The van der Waals surface area contributed by atoms with Crippen molar-refractivity contribution < 1.29 is 18.7 Å². The Morgan fingerprint density at radius 3 is 2.85 bits per heavy atom. The number of rotatable bonds is 6. The lowest BCUT2D eigenvalue weighted by molar-refractivity contribution is 0.0929. The number of benzene rings is 2. The molecular weight excluding hydrogens is 527 g/mol. The van der Waals surface area contributed by atoms with E-state index in [1.165, 1.54) is 0 Å². The zero-order valence-electron chi connectivity index (χ0n) is 14.6. The molecule has 0 aliphatic heterocycles. The van der Waals surface area contributed by atoms with E-state index >= 15 is 0 Å². The van der Waals surface area contributed by atoms with Crippen LogP contribution in [0.4, 0.5) is 0 Å². The van der Waals surface area contributed by atoms with Gasteiger partial charge >= 0.3 is 5.91 Å². The number of hydrogen-bond acceptors (Lipinski definition) is 5. The largest absolute Gasteiger partial charge is 0.494 e. The molecule has 27 heavy (non-hydrogen) atoms. The summed E-state index contributed by atoms with van der Waals surface area (Å²) in [6, 6.07) is 10.8. The average Bonchev–Trinajstić information content (AvgIpc) is 3.05. The number of nitrogens with zero attached hydrogens (tertiary/aromatic N) is 1. The molecule has 8 heteroatoms. The van der Waals surface area contributed by atoms with Gasteiger partial charge in [-0.2, -0.15) is 5.10 Å². The maximum Gasteiger partial charge on any atom is 0.307 e. The Kier molecular flexibility index (Phi) is 6.38. The van der Waals surface area contributed by atoms with Crippen molar-refractivity contribution in [2.24, 2.45) is 5.10 Å². The van der Waals surface area contributed by atoms with Crippen LogP contribution >= 0.6 is 38.5 Å². The third-order valence-electron chi connectivity index (χ3n) is 3.63. The molecule has 0 bridgehead atoms. The number of methoxy groups -OCH3 is 1. The van der Waals surface area contributed by atoms with Gasteiger partial charge in [0.2, 0.25) is 0 Å². The second-order valence-corrected chi connectivity index (χ2v) is 7.48. The van der Waals surface area contributed by atoms with Gasteiger partial charge in [0, 0.05) is 5.39 Å². The van der Waals surface area contributed by atoms with Crippen molar-refractivity contribution in [3.63, 3.8) is 0 Å². The van der Waals surface area contributed by atoms with Gasteiger partial charge in [-0.05, 0) is 87.4 Å². The first kappa shape index (κ1) is 19.7. The minimum Gasteiger partial charge on any atom is -0.494 e. The molecule has 0 radical (unpaired) electrons. The van der Waals surface area contributed by atoms with Gasteiger partial charge in [-0.25, -0.2) is 5.43 Å². The first-order valence-electron chi connectivity index (χ1n) is 8.04. The number of carbonyl (C=O) groups is 1. The Labute approximate surface area is 178 Å². The van der Waals surface area contributed by atoms with E-state index in [4.69, 9.17) is 13.9 Å². The standard InChI is InChI=1S/C19H16BrIN2O4/c1-3-26-13-4-5-16-12(8-13)9-17(27-16)19(24)23-22-10-11-6-14(20)18(25-2)15(21)7-11/h4-10H,3H2,1-2H3,(H,23,24)/b22-10+. The van der Waals surface area contributed by atoms with Crippen molar-refractivity contribution in [2.45, 2.75) is 6.92 Å². The van der Waals surface area contributed by atoms with Crippen LogP contribution in [0.2, 0.25) is 0 Å². The second-order valence-electron chi connectivity index (χ2n) is 5.46. The lowest BCUT2D eigenvalue weighted by atomic mass is 10.2. The molecule has 140 valence electrons. The maximum absolute atomic E-state index is 12.3. The van der Waals surface area contributed by atoms with Gasteiger partial charge in [0.1, 0.15) is 17.1 Å². The SMILES string of the molecule is CCOc1ccc2oc(C(=O)N/N=C/c3cc(Br)c(OC)c(I)c3)cc2c1. The van der Waals surface area contributed by atoms with Crippen LogP contribution in [0.5, 0.6) is 11.5 Å². The monoisotopic (exact) mass is 542 g/mol. The minimum absolute atomic E-state index is 0.182. The summed E-state index contributed by atoms with van der Waals surface area (Å²) in [4.78, 5) is 12.3. The summed E-state index contributed by atoms with van der Waals surface area (Å²) in [6.45, 7) is 2.49. The van der Waals surface area contributed by atoms with Crippen molar-refractivity contribution >= 4 is 61.6 Å². The lowest BCUT2D eigenvalue weighted by Gasteiger charge is -2.06. The van der Waals surface area contributed by atoms with E-state index in [2.05, 4.69) is 49.0 Å². The van der Waals surface area contributed by atoms with E-state index in [0.29, 0.717) is 12.2 Å². The van der Waals surface area contributed by atoms with Gasteiger partial charge in [0.05, 0.1) is 28.0 Å². The lowest BCUT2D eigenvalue weighted by Crippen LogP contribution is -2.16. The van der Waals surface area contributed by atoms with Gasteiger partial charge in [-0.3, -0.25) is 4.79 Å². The molecule has 0 spiro atoms. The highest BCUT2D eigenvalue weighted by molar-refractivity contribution is 14.1. The summed E-state index contributed by atoms with van der Waals surface area (Å²) >= 11 is 5.62. The van der Waals surface area contributed by atoms with Gasteiger partial charge < -0.3 is 13.9 Å². The molecule has 6 nitrogen and oxygen atoms in total. The minimum atomic E-state index is -0.428. The first-order chi connectivity index (χ1) is 13.0. The zero-order chi connectivity index (χ0) is 19.4. The quantitative estimate of drug-likeness (QED) is 0.271. The Morgan fingerprint density at radius 2 is 2.15 bits per heavy atom. The van der Waals surface area contributed by atoms with Gasteiger partial charge in [0.25, 0.3) is 0 Å². The molecule has 1 N–H and O–H groups in total. The van der Waals surface area contributed by atoms with Gasteiger partial charge in [-0.15, -0.1) is 0 Å². The molecule has 0 aliphatic rings. The van der Waals surface area contributed by atoms with E-state index in [9.17, 15) is 4.79 Å². The van der Waals surface area contributed by atoms with E-state index in [-0.39, 0.29) is 5.76 Å². The van der Waals surface area contributed by atoms with Crippen LogP contribution in [0.25, 0.3) is 11.0 Å². The zero-order valence-corrected chi connectivity index (χ0v) is 18.3. The summed E-state index contributed by atoms with van der Waals surface area (Å²) < 4.78 is 18.1. The van der Waals surface area contributed by atoms with Crippen molar-refractivity contribution in [3.05, 3.63) is 55.8 Å². The van der Waals surface area contributed by atoms with Crippen molar-refractivity contribution in [1.82, 2.24) is 5.43 Å². The van der Waals surface area contributed by atoms with Crippen molar-refractivity contribution in [1.29, 1.82) is 0 Å².